The second-order valence-corrected chi connectivity index (χ2v) is 9.46. The molecule has 3 aliphatic heterocycles. The number of nitrogens with zero attached hydrogens (tertiary/aromatic N) is 2. The molecule has 0 aromatic heterocycles. The van der Waals surface area contributed by atoms with E-state index in [0.29, 0.717) is 46.1 Å². The standard InChI is InChI=1S/C27H24N2O9/c30-26(31)28-10-9-19(11-21(28)16-1-5-20(6-2-16)29(33)34)27(32,17-3-7-22-24(12-17)37-14-35-22)18-4-8-23-25(13-18)38-15-36-23/h1-8,12-13,19,21,32H,9-11,14-15H2,(H,30,31). The molecule has 1 fully saturated rings. The van der Waals surface area contributed by atoms with E-state index >= 15 is 0 Å². The summed E-state index contributed by atoms with van der Waals surface area (Å²) in [6.07, 6.45) is -0.458. The number of fused-ring (bicyclic) bond motifs is 2. The molecule has 3 heterocycles. The van der Waals surface area contributed by atoms with Gasteiger partial charge in [-0.15, -0.1) is 0 Å². The fourth-order valence-electron chi connectivity index (χ4n) is 5.61. The van der Waals surface area contributed by atoms with Crippen molar-refractivity contribution < 1.29 is 38.9 Å². The van der Waals surface area contributed by atoms with Gasteiger partial charge in [-0.05, 0) is 53.8 Å². The quantitative estimate of drug-likeness (QED) is 0.369. The van der Waals surface area contributed by atoms with Crippen LogP contribution in [0.25, 0.3) is 0 Å². The molecule has 0 bridgehead atoms. The van der Waals surface area contributed by atoms with Crippen LogP contribution in [0.3, 0.4) is 0 Å². The third kappa shape index (κ3) is 3.91. The number of carbonyl (C=O) groups is 1. The zero-order valence-corrected chi connectivity index (χ0v) is 20.1. The van der Waals surface area contributed by atoms with Crippen LogP contribution in [-0.4, -0.2) is 46.3 Å². The third-order valence-electron chi connectivity index (χ3n) is 7.55. The minimum atomic E-state index is -1.55. The lowest BCUT2D eigenvalue weighted by molar-refractivity contribution is -0.384. The summed E-state index contributed by atoms with van der Waals surface area (Å²) in [5.41, 5.74) is 0.112. The smallest absolute Gasteiger partial charge is 0.407 e. The van der Waals surface area contributed by atoms with E-state index in [1.165, 1.54) is 17.0 Å². The molecule has 2 atom stereocenters. The molecule has 1 amide bonds. The molecule has 2 N–H and O–H groups in total. The van der Waals surface area contributed by atoms with E-state index in [0.717, 1.165) is 0 Å². The highest BCUT2D eigenvalue weighted by Gasteiger charge is 2.46. The summed E-state index contributed by atoms with van der Waals surface area (Å²) in [6.45, 7) is 0.333. The van der Waals surface area contributed by atoms with E-state index in [-0.39, 0.29) is 32.2 Å². The number of piperidine rings is 1. The van der Waals surface area contributed by atoms with Gasteiger partial charge in [0, 0.05) is 24.6 Å². The summed E-state index contributed by atoms with van der Waals surface area (Å²) in [5, 5.41) is 33.7. The number of amides is 1. The lowest BCUT2D eigenvalue weighted by atomic mass is 9.69. The van der Waals surface area contributed by atoms with Gasteiger partial charge in [0.25, 0.3) is 5.69 Å². The first kappa shape index (κ1) is 23.9. The van der Waals surface area contributed by atoms with Crippen LogP contribution in [0.1, 0.15) is 35.6 Å². The molecular formula is C27H24N2O9. The maximum Gasteiger partial charge on any atom is 0.407 e. The van der Waals surface area contributed by atoms with Gasteiger partial charge in [0.1, 0.15) is 5.60 Å². The number of hydrogen-bond donors (Lipinski definition) is 2. The van der Waals surface area contributed by atoms with E-state index in [1.807, 2.05) is 0 Å². The SMILES string of the molecule is O=C(O)N1CCC(C(O)(c2ccc3c(c2)OCO3)c2ccc3c(c2)OCO3)CC1c1ccc([N+](=O)[O-])cc1. The highest BCUT2D eigenvalue weighted by atomic mass is 16.7. The van der Waals surface area contributed by atoms with Crippen molar-refractivity contribution in [1.82, 2.24) is 4.90 Å². The van der Waals surface area contributed by atoms with Crippen molar-refractivity contribution in [3.05, 3.63) is 87.5 Å². The van der Waals surface area contributed by atoms with Crippen molar-refractivity contribution in [2.24, 2.45) is 5.92 Å². The first-order valence-corrected chi connectivity index (χ1v) is 12.1. The molecule has 3 aliphatic rings. The van der Waals surface area contributed by atoms with Crippen LogP contribution in [0.15, 0.2) is 60.7 Å². The summed E-state index contributed by atoms with van der Waals surface area (Å²) in [4.78, 5) is 24.1. The van der Waals surface area contributed by atoms with Gasteiger partial charge >= 0.3 is 6.09 Å². The molecule has 6 rings (SSSR count). The Bertz CT molecular complexity index is 1350. The van der Waals surface area contributed by atoms with Crippen molar-refractivity contribution in [2.75, 3.05) is 20.1 Å². The number of rotatable bonds is 5. The van der Waals surface area contributed by atoms with Crippen LogP contribution in [0.5, 0.6) is 23.0 Å². The third-order valence-corrected chi connectivity index (χ3v) is 7.55. The summed E-state index contributed by atoms with van der Waals surface area (Å²) in [7, 11) is 0. The molecule has 2 unspecified atom stereocenters. The fourth-order valence-corrected chi connectivity index (χ4v) is 5.61. The number of nitro groups is 1. The first-order chi connectivity index (χ1) is 18.3. The normalized spacial score (nSPS) is 19.9. The Balaban J connectivity index is 1.43. The minimum absolute atomic E-state index is 0.0831. The predicted molar refractivity (Wildman–Crippen MR) is 131 cm³/mol. The Hall–Kier alpha value is -4.51. The molecule has 38 heavy (non-hydrogen) atoms. The minimum Gasteiger partial charge on any atom is -0.465 e. The second kappa shape index (κ2) is 9.10. The summed E-state index contributed by atoms with van der Waals surface area (Å²) in [5.74, 6) is 1.74. The zero-order chi connectivity index (χ0) is 26.4. The molecule has 0 aliphatic carbocycles. The summed E-state index contributed by atoms with van der Waals surface area (Å²) in [6, 6.07) is 15.8. The fraction of sp³-hybridized carbons (Fsp3) is 0.296. The number of likely N-dealkylation sites (tertiary alicyclic amines) is 1. The Morgan fingerprint density at radius 3 is 1.97 bits per heavy atom. The highest BCUT2D eigenvalue weighted by molar-refractivity contribution is 5.66. The molecule has 196 valence electrons. The summed E-state index contributed by atoms with van der Waals surface area (Å²) >= 11 is 0. The van der Waals surface area contributed by atoms with Gasteiger partial charge in [0.2, 0.25) is 13.6 Å². The topological polar surface area (TPSA) is 141 Å². The first-order valence-electron chi connectivity index (χ1n) is 12.1. The van der Waals surface area contributed by atoms with Gasteiger partial charge in [0.05, 0.1) is 11.0 Å². The van der Waals surface area contributed by atoms with E-state index in [1.54, 1.807) is 48.5 Å². The van der Waals surface area contributed by atoms with Crippen molar-refractivity contribution in [3.8, 4) is 23.0 Å². The van der Waals surface area contributed by atoms with Gasteiger partial charge in [-0.25, -0.2) is 4.79 Å². The van der Waals surface area contributed by atoms with Crippen LogP contribution >= 0.6 is 0 Å². The van der Waals surface area contributed by atoms with E-state index in [9.17, 15) is 25.1 Å². The summed E-state index contributed by atoms with van der Waals surface area (Å²) < 4.78 is 22.1. The Morgan fingerprint density at radius 2 is 1.45 bits per heavy atom. The number of carboxylic acid groups (broad SMARTS) is 1. The van der Waals surface area contributed by atoms with Crippen molar-refractivity contribution in [1.29, 1.82) is 0 Å². The predicted octanol–water partition coefficient (Wildman–Crippen LogP) is 4.42. The van der Waals surface area contributed by atoms with Crippen molar-refractivity contribution in [3.63, 3.8) is 0 Å². The monoisotopic (exact) mass is 520 g/mol. The number of ether oxygens (including phenoxy) is 4. The zero-order valence-electron chi connectivity index (χ0n) is 20.1. The highest BCUT2D eigenvalue weighted by Crippen LogP contribution is 2.50. The maximum atomic E-state index is 12.6. The average molecular weight is 520 g/mol. The molecule has 3 aromatic rings. The Labute approximate surface area is 216 Å². The molecule has 1 saturated heterocycles. The Kier molecular flexibility index (Phi) is 5.72. The number of nitro benzene ring substituents is 1. The van der Waals surface area contributed by atoms with Crippen LogP contribution in [-0.2, 0) is 5.60 Å². The van der Waals surface area contributed by atoms with E-state index < -0.39 is 28.6 Å². The lowest BCUT2D eigenvalue weighted by Crippen LogP contribution is -2.47. The van der Waals surface area contributed by atoms with Crippen molar-refractivity contribution in [2.45, 2.75) is 24.5 Å². The van der Waals surface area contributed by atoms with E-state index in [2.05, 4.69) is 0 Å². The number of benzene rings is 3. The van der Waals surface area contributed by atoms with Crippen LogP contribution in [0, 0.1) is 16.0 Å². The number of hydrogen-bond acceptors (Lipinski definition) is 8. The lowest BCUT2D eigenvalue weighted by Gasteiger charge is -2.45. The molecule has 3 aromatic carbocycles. The van der Waals surface area contributed by atoms with Gasteiger partial charge in [-0.1, -0.05) is 24.3 Å². The second-order valence-electron chi connectivity index (χ2n) is 9.46. The van der Waals surface area contributed by atoms with Crippen molar-refractivity contribution >= 4 is 11.8 Å². The average Bonchev–Trinajstić information content (AvgIpc) is 3.61. The molecular weight excluding hydrogens is 496 g/mol. The molecule has 0 spiro atoms. The molecule has 0 saturated carbocycles. The molecule has 11 heteroatoms. The van der Waals surface area contributed by atoms with Gasteiger partial charge in [0.15, 0.2) is 23.0 Å². The van der Waals surface area contributed by atoms with Gasteiger partial charge in [-0.3, -0.25) is 10.1 Å². The molecule has 11 nitrogen and oxygen atoms in total. The molecule has 0 radical (unpaired) electrons. The van der Waals surface area contributed by atoms with Gasteiger partial charge < -0.3 is 34.1 Å². The number of aliphatic hydroxyl groups is 1. The van der Waals surface area contributed by atoms with Crippen LogP contribution in [0.2, 0.25) is 0 Å². The van der Waals surface area contributed by atoms with E-state index in [4.69, 9.17) is 18.9 Å². The Morgan fingerprint density at radius 1 is 0.895 bits per heavy atom. The van der Waals surface area contributed by atoms with Crippen LogP contribution < -0.4 is 18.9 Å². The van der Waals surface area contributed by atoms with Gasteiger partial charge in [-0.2, -0.15) is 0 Å². The largest absolute Gasteiger partial charge is 0.465 e. The number of non-ortho nitro benzene ring substituents is 1. The van der Waals surface area contributed by atoms with Crippen LogP contribution in [0.4, 0.5) is 10.5 Å². The maximum absolute atomic E-state index is 12.6.